The summed E-state index contributed by atoms with van der Waals surface area (Å²) >= 11 is 0. The lowest BCUT2D eigenvalue weighted by molar-refractivity contribution is 0.0988. The predicted octanol–water partition coefficient (Wildman–Crippen LogP) is 3.65. The van der Waals surface area contributed by atoms with Crippen LogP contribution < -0.4 is 0 Å². The maximum Gasteiger partial charge on any atom is 0.162 e. The molecule has 2 nitrogen and oxygen atoms in total. The summed E-state index contributed by atoms with van der Waals surface area (Å²) in [7, 11) is 0. The zero-order chi connectivity index (χ0) is 12.3. The fourth-order valence-electron chi connectivity index (χ4n) is 1.80. The maximum absolute atomic E-state index is 11.7. The van der Waals surface area contributed by atoms with Crippen LogP contribution in [0.15, 0.2) is 42.6 Å². The number of nitrogens with zero attached hydrogens (tertiary/aromatic N) is 1. The Bertz CT molecular complexity index is 546. The topological polar surface area (TPSA) is 30.0 Å². The molecule has 0 amide bonds. The fraction of sp³-hybridized carbons (Fsp3) is 0.200. The number of Topliss-reactive ketones (excluding diaryl/α,β-unsaturated/α-hetero) is 1. The molecule has 1 aromatic heterocycles. The Balaban J connectivity index is 2.43. The van der Waals surface area contributed by atoms with Gasteiger partial charge in [-0.15, -0.1) is 0 Å². The van der Waals surface area contributed by atoms with Crippen LogP contribution in [0.25, 0.3) is 11.1 Å². The molecule has 0 N–H and O–H groups in total. The third kappa shape index (κ3) is 2.59. The van der Waals surface area contributed by atoms with Gasteiger partial charge in [0.05, 0.1) is 0 Å². The Hall–Kier alpha value is -1.96. The van der Waals surface area contributed by atoms with Gasteiger partial charge in [0, 0.05) is 23.9 Å². The van der Waals surface area contributed by atoms with Gasteiger partial charge in [0.15, 0.2) is 5.78 Å². The molecule has 0 atom stereocenters. The molecule has 2 aromatic rings. The van der Waals surface area contributed by atoms with E-state index in [2.05, 4.69) is 4.98 Å². The molecular formula is C15H15NO. The van der Waals surface area contributed by atoms with Crippen molar-refractivity contribution < 1.29 is 4.79 Å². The molecule has 0 aliphatic carbocycles. The van der Waals surface area contributed by atoms with Gasteiger partial charge in [-0.1, -0.05) is 25.1 Å². The van der Waals surface area contributed by atoms with Gasteiger partial charge in [0.25, 0.3) is 0 Å². The molecule has 1 heterocycles. The predicted molar refractivity (Wildman–Crippen MR) is 69.0 cm³/mol. The van der Waals surface area contributed by atoms with Gasteiger partial charge in [-0.25, -0.2) is 0 Å². The van der Waals surface area contributed by atoms with Gasteiger partial charge in [0.1, 0.15) is 0 Å². The Labute approximate surface area is 101 Å². The average Bonchev–Trinajstić information content (AvgIpc) is 2.38. The number of pyridine rings is 1. The van der Waals surface area contributed by atoms with Crippen molar-refractivity contribution >= 4 is 5.78 Å². The van der Waals surface area contributed by atoms with E-state index in [0.717, 1.165) is 22.4 Å². The van der Waals surface area contributed by atoms with E-state index >= 15 is 0 Å². The quantitative estimate of drug-likeness (QED) is 0.746. The van der Waals surface area contributed by atoms with Crippen molar-refractivity contribution in [2.75, 3.05) is 0 Å². The van der Waals surface area contributed by atoms with E-state index in [1.807, 2.05) is 50.2 Å². The molecular weight excluding hydrogens is 210 g/mol. The smallest absolute Gasteiger partial charge is 0.162 e. The number of ketones is 1. The second-order valence-corrected chi connectivity index (χ2v) is 4.04. The first-order valence-electron chi connectivity index (χ1n) is 5.77. The number of hydrogen-bond donors (Lipinski definition) is 0. The lowest BCUT2D eigenvalue weighted by atomic mass is 10.0. The summed E-state index contributed by atoms with van der Waals surface area (Å²) in [6.45, 7) is 3.84. The Morgan fingerprint density at radius 1 is 1.18 bits per heavy atom. The van der Waals surface area contributed by atoms with Gasteiger partial charge in [-0.2, -0.15) is 0 Å². The van der Waals surface area contributed by atoms with E-state index in [4.69, 9.17) is 0 Å². The van der Waals surface area contributed by atoms with E-state index in [0.29, 0.717) is 6.42 Å². The first-order chi connectivity index (χ1) is 8.20. The number of carbonyl (C=O) groups excluding carboxylic acids is 1. The van der Waals surface area contributed by atoms with Gasteiger partial charge in [-0.3, -0.25) is 9.78 Å². The SMILES string of the molecule is CCC(=O)c1cccc(-c2ccnc(C)c2)c1. The minimum absolute atomic E-state index is 0.178. The fourth-order valence-corrected chi connectivity index (χ4v) is 1.80. The molecule has 0 saturated heterocycles. The second kappa shape index (κ2) is 4.91. The van der Waals surface area contributed by atoms with Crippen molar-refractivity contribution in [3.63, 3.8) is 0 Å². The Kier molecular flexibility index (Phi) is 3.33. The van der Waals surface area contributed by atoms with E-state index in [-0.39, 0.29) is 5.78 Å². The van der Waals surface area contributed by atoms with Crippen molar-refractivity contribution in [1.29, 1.82) is 0 Å². The Morgan fingerprint density at radius 3 is 2.65 bits per heavy atom. The van der Waals surface area contributed by atoms with Crippen molar-refractivity contribution in [3.8, 4) is 11.1 Å². The first-order valence-corrected chi connectivity index (χ1v) is 5.77. The van der Waals surface area contributed by atoms with E-state index in [1.54, 1.807) is 6.20 Å². The van der Waals surface area contributed by atoms with Crippen molar-refractivity contribution in [2.45, 2.75) is 20.3 Å². The van der Waals surface area contributed by atoms with Crippen molar-refractivity contribution in [2.24, 2.45) is 0 Å². The molecule has 2 heteroatoms. The molecule has 2 rings (SSSR count). The third-order valence-electron chi connectivity index (χ3n) is 2.74. The zero-order valence-electron chi connectivity index (χ0n) is 10.1. The van der Waals surface area contributed by atoms with Crippen LogP contribution in [0.4, 0.5) is 0 Å². The number of aromatic nitrogens is 1. The van der Waals surface area contributed by atoms with Crippen molar-refractivity contribution in [3.05, 3.63) is 53.9 Å². The van der Waals surface area contributed by atoms with Crippen molar-refractivity contribution in [1.82, 2.24) is 4.98 Å². The standard InChI is InChI=1S/C15H15NO/c1-3-15(17)14-6-4-5-12(10-14)13-7-8-16-11(2)9-13/h4-10H,3H2,1-2H3. The molecule has 1 aromatic carbocycles. The van der Waals surface area contributed by atoms with Crippen LogP contribution in [0.2, 0.25) is 0 Å². The van der Waals surface area contributed by atoms with Crippen LogP contribution in [0.5, 0.6) is 0 Å². The highest BCUT2D eigenvalue weighted by Gasteiger charge is 2.05. The molecule has 0 radical (unpaired) electrons. The molecule has 0 bridgehead atoms. The molecule has 0 saturated carbocycles. The summed E-state index contributed by atoms with van der Waals surface area (Å²) < 4.78 is 0. The van der Waals surface area contributed by atoms with Crippen LogP contribution in [0.1, 0.15) is 29.4 Å². The number of hydrogen-bond acceptors (Lipinski definition) is 2. The van der Waals surface area contributed by atoms with Crippen LogP contribution in [0.3, 0.4) is 0 Å². The molecule has 0 aliphatic heterocycles. The number of rotatable bonds is 3. The highest BCUT2D eigenvalue weighted by molar-refractivity contribution is 5.96. The van der Waals surface area contributed by atoms with Gasteiger partial charge in [0.2, 0.25) is 0 Å². The van der Waals surface area contributed by atoms with Crippen LogP contribution in [0, 0.1) is 6.92 Å². The molecule has 17 heavy (non-hydrogen) atoms. The summed E-state index contributed by atoms with van der Waals surface area (Å²) in [6, 6.07) is 11.7. The lowest BCUT2D eigenvalue weighted by Crippen LogP contribution is -1.96. The summed E-state index contributed by atoms with van der Waals surface area (Å²) in [6.07, 6.45) is 2.33. The summed E-state index contributed by atoms with van der Waals surface area (Å²) in [5, 5.41) is 0. The molecule has 86 valence electrons. The van der Waals surface area contributed by atoms with Crippen LogP contribution in [-0.2, 0) is 0 Å². The molecule has 0 unspecified atom stereocenters. The van der Waals surface area contributed by atoms with Gasteiger partial charge < -0.3 is 0 Å². The number of benzene rings is 1. The average molecular weight is 225 g/mol. The monoisotopic (exact) mass is 225 g/mol. The number of aryl methyl sites for hydroxylation is 1. The largest absolute Gasteiger partial charge is 0.294 e. The van der Waals surface area contributed by atoms with Crippen LogP contribution in [-0.4, -0.2) is 10.8 Å². The van der Waals surface area contributed by atoms with E-state index in [1.165, 1.54) is 0 Å². The summed E-state index contributed by atoms with van der Waals surface area (Å²) in [5.41, 5.74) is 3.92. The number of carbonyl (C=O) groups is 1. The minimum Gasteiger partial charge on any atom is -0.294 e. The normalized spacial score (nSPS) is 10.2. The second-order valence-electron chi connectivity index (χ2n) is 4.04. The highest BCUT2D eigenvalue weighted by Crippen LogP contribution is 2.21. The zero-order valence-corrected chi connectivity index (χ0v) is 10.1. The first kappa shape index (κ1) is 11.5. The summed E-state index contributed by atoms with van der Waals surface area (Å²) in [5.74, 6) is 0.178. The summed E-state index contributed by atoms with van der Waals surface area (Å²) in [4.78, 5) is 15.8. The van der Waals surface area contributed by atoms with Gasteiger partial charge in [-0.05, 0) is 36.2 Å². The molecule has 0 fully saturated rings. The third-order valence-corrected chi connectivity index (χ3v) is 2.74. The molecule has 0 aliphatic rings. The Morgan fingerprint density at radius 2 is 1.94 bits per heavy atom. The highest BCUT2D eigenvalue weighted by atomic mass is 16.1. The lowest BCUT2D eigenvalue weighted by Gasteiger charge is -2.04. The molecule has 0 spiro atoms. The van der Waals surface area contributed by atoms with Gasteiger partial charge >= 0.3 is 0 Å². The maximum atomic E-state index is 11.7. The van der Waals surface area contributed by atoms with Crippen LogP contribution >= 0.6 is 0 Å². The minimum atomic E-state index is 0.178. The van der Waals surface area contributed by atoms with E-state index < -0.39 is 0 Å². The van der Waals surface area contributed by atoms with E-state index in [9.17, 15) is 4.79 Å².